The Labute approximate surface area is 139 Å². The first-order valence-corrected chi connectivity index (χ1v) is 7.76. The summed E-state index contributed by atoms with van der Waals surface area (Å²) in [5.74, 6) is 0.416. The summed E-state index contributed by atoms with van der Waals surface area (Å²) in [5.41, 5.74) is 3.38. The number of benzene rings is 1. The lowest BCUT2D eigenvalue weighted by Gasteiger charge is -2.08. The number of carbonyl (C=O) groups is 1. The van der Waals surface area contributed by atoms with Gasteiger partial charge in [-0.05, 0) is 49.7 Å². The first-order chi connectivity index (χ1) is 11.5. The fourth-order valence-corrected chi connectivity index (χ4v) is 2.71. The zero-order valence-corrected chi connectivity index (χ0v) is 13.7. The van der Waals surface area contributed by atoms with Gasteiger partial charge in [0.1, 0.15) is 11.6 Å². The van der Waals surface area contributed by atoms with Crippen molar-refractivity contribution < 1.29 is 13.6 Å². The first kappa shape index (κ1) is 16.1. The molecule has 2 heterocycles. The summed E-state index contributed by atoms with van der Waals surface area (Å²) < 4.78 is 20.3. The maximum Gasteiger partial charge on any atom is 0.253 e. The Morgan fingerprint density at radius 1 is 1.21 bits per heavy atom. The molecule has 0 fully saturated rings. The van der Waals surface area contributed by atoms with Crippen LogP contribution in [0.2, 0.25) is 0 Å². The Bertz CT molecular complexity index is 833. The number of rotatable bonds is 5. The lowest BCUT2D eigenvalue weighted by molar-refractivity contribution is 0.0950. The minimum atomic E-state index is -0.286. The fraction of sp³-hybridized carbons (Fsp3) is 0.211. The smallest absolute Gasteiger partial charge is 0.253 e. The fourth-order valence-electron chi connectivity index (χ4n) is 2.71. The van der Waals surface area contributed by atoms with E-state index in [2.05, 4.69) is 5.32 Å². The molecule has 0 aliphatic rings. The van der Waals surface area contributed by atoms with Crippen molar-refractivity contribution in [2.45, 2.75) is 26.9 Å². The highest BCUT2D eigenvalue weighted by Gasteiger charge is 2.16. The lowest BCUT2D eigenvalue weighted by atomic mass is 10.2. The third-order valence-corrected chi connectivity index (χ3v) is 4.08. The summed E-state index contributed by atoms with van der Waals surface area (Å²) >= 11 is 0. The van der Waals surface area contributed by atoms with Gasteiger partial charge in [-0.2, -0.15) is 0 Å². The number of furan rings is 1. The number of halogens is 1. The Morgan fingerprint density at radius 3 is 2.62 bits per heavy atom. The SMILES string of the molecule is Cc1cc(C(=O)NCc2ccc(F)cc2)c(C)n1Cc1ccco1. The van der Waals surface area contributed by atoms with E-state index in [0.717, 1.165) is 22.7 Å². The van der Waals surface area contributed by atoms with Crippen molar-refractivity contribution in [2.75, 3.05) is 0 Å². The number of hydrogen-bond acceptors (Lipinski definition) is 2. The molecule has 124 valence electrons. The highest BCUT2D eigenvalue weighted by molar-refractivity contribution is 5.95. The van der Waals surface area contributed by atoms with Crippen LogP contribution in [-0.4, -0.2) is 10.5 Å². The molecule has 0 spiro atoms. The third-order valence-electron chi connectivity index (χ3n) is 4.08. The molecule has 24 heavy (non-hydrogen) atoms. The van der Waals surface area contributed by atoms with Crippen LogP contribution < -0.4 is 5.32 Å². The minimum Gasteiger partial charge on any atom is -0.467 e. The lowest BCUT2D eigenvalue weighted by Crippen LogP contribution is -2.23. The van der Waals surface area contributed by atoms with Gasteiger partial charge in [0.2, 0.25) is 0 Å². The highest BCUT2D eigenvalue weighted by atomic mass is 19.1. The average molecular weight is 326 g/mol. The van der Waals surface area contributed by atoms with Gasteiger partial charge in [0.15, 0.2) is 0 Å². The molecule has 1 N–H and O–H groups in total. The minimum absolute atomic E-state index is 0.141. The van der Waals surface area contributed by atoms with E-state index in [-0.39, 0.29) is 11.7 Å². The second-order valence-electron chi connectivity index (χ2n) is 5.76. The van der Waals surface area contributed by atoms with Gasteiger partial charge in [0.05, 0.1) is 18.4 Å². The average Bonchev–Trinajstić information content (AvgIpc) is 3.18. The summed E-state index contributed by atoms with van der Waals surface area (Å²) in [7, 11) is 0. The van der Waals surface area contributed by atoms with Crippen LogP contribution in [0, 0.1) is 19.7 Å². The van der Waals surface area contributed by atoms with E-state index in [1.807, 2.05) is 36.6 Å². The van der Waals surface area contributed by atoms with Gasteiger partial charge in [0.25, 0.3) is 5.91 Å². The Hall–Kier alpha value is -2.82. The summed E-state index contributed by atoms with van der Waals surface area (Å²) in [6, 6.07) is 11.7. The molecule has 0 atom stereocenters. The van der Waals surface area contributed by atoms with Crippen molar-refractivity contribution in [3.63, 3.8) is 0 Å². The quantitative estimate of drug-likeness (QED) is 0.775. The number of aryl methyl sites for hydroxylation is 1. The molecule has 0 unspecified atom stereocenters. The van der Waals surface area contributed by atoms with E-state index in [1.165, 1.54) is 12.1 Å². The summed E-state index contributed by atoms with van der Waals surface area (Å²) in [5, 5.41) is 2.88. The van der Waals surface area contributed by atoms with Crippen molar-refractivity contribution in [1.29, 1.82) is 0 Å². The molecule has 3 rings (SSSR count). The molecule has 1 aromatic carbocycles. The van der Waals surface area contributed by atoms with Gasteiger partial charge >= 0.3 is 0 Å². The van der Waals surface area contributed by atoms with E-state index < -0.39 is 0 Å². The van der Waals surface area contributed by atoms with Gasteiger partial charge in [-0.3, -0.25) is 4.79 Å². The van der Waals surface area contributed by atoms with Crippen molar-refractivity contribution in [2.24, 2.45) is 0 Å². The van der Waals surface area contributed by atoms with Crippen molar-refractivity contribution in [3.05, 3.63) is 82.8 Å². The maximum absolute atomic E-state index is 12.9. The van der Waals surface area contributed by atoms with Crippen LogP contribution in [0.3, 0.4) is 0 Å². The van der Waals surface area contributed by atoms with Crippen molar-refractivity contribution in [3.8, 4) is 0 Å². The van der Waals surface area contributed by atoms with Crippen molar-refractivity contribution >= 4 is 5.91 Å². The summed E-state index contributed by atoms with van der Waals surface area (Å²) in [6.07, 6.45) is 1.64. The van der Waals surface area contributed by atoms with Crippen LogP contribution in [-0.2, 0) is 13.1 Å². The molecule has 5 heteroatoms. The Kier molecular flexibility index (Phi) is 4.51. The highest BCUT2D eigenvalue weighted by Crippen LogP contribution is 2.17. The van der Waals surface area contributed by atoms with E-state index >= 15 is 0 Å². The van der Waals surface area contributed by atoms with Crippen LogP contribution in [0.4, 0.5) is 4.39 Å². The normalized spacial score (nSPS) is 10.8. The second-order valence-corrected chi connectivity index (χ2v) is 5.76. The molecule has 1 amide bonds. The van der Waals surface area contributed by atoms with Crippen LogP contribution in [0.5, 0.6) is 0 Å². The zero-order valence-electron chi connectivity index (χ0n) is 13.7. The molecule has 0 saturated heterocycles. The summed E-state index contributed by atoms with van der Waals surface area (Å²) in [4.78, 5) is 12.5. The number of nitrogens with one attached hydrogen (secondary N) is 1. The van der Waals surface area contributed by atoms with Crippen molar-refractivity contribution in [1.82, 2.24) is 9.88 Å². The standard InChI is InChI=1S/C19H19FN2O2/c1-13-10-18(14(2)22(13)12-17-4-3-9-24-17)19(23)21-11-15-5-7-16(20)8-6-15/h3-10H,11-12H2,1-2H3,(H,21,23). The predicted molar refractivity (Wildman–Crippen MR) is 89.3 cm³/mol. The third kappa shape index (κ3) is 3.40. The molecule has 0 radical (unpaired) electrons. The van der Waals surface area contributed by atoms with Crippen LogP contribution in [0.25, 0.3) is 0 Å². The molecular formula is C19H19FN2O2. The molecule has 3 aromatic rings. The van der Waals surface area contributed by atoms with Gasteiger partial charge in [-0.15, -0.1) is 0 Å². The van der Waals surface area contributed by atoms with Gasteiger partial charge < -0.3 is 14.3 Å². The summed E-state index contributed by atoms with van der Waals surface area (Å²) in [6.45, 7) is 4.84. The van der Waals surface area contributed by atoms with Gasteiger partial charge in [-0.25, -0.2) is 4.39 Å². The molecule has 0 saturated carbocycles. The van der Waals surface area contributed by atoms with E-state index in [4.69, 9.17) is 4.42 Å². The molecule has 0 aliphatic carbocycles. The number of aromatic nitrogens is 1. The second kappa shape index (κ2) is 6.74. The number of hydrogen-bond donors (Lipinski definition) is 1. The van der Waals surface area contributed by atoms with E-state index in [9.17, 15) is 9.18 Å². The zero-order chi connectivity index (χ0) is 17.1. The molecule has 0 aliphatic heterocycles. The molecule has 2 aromatic heterocycles. The monoisotopic (exact) mass is 326 g/mol. The topological polar surface area (TPSA) is 47.2 Å². The largest absolute Gasteiger partial charge is 0.467 e. The number of nitrogens with zero attached hydrogens (tertiary/aromatic N) is 1. The Morgan fingerprint density at radius 2 is 1.96 bits per heavy atom. The van der Waals surface area contributed by atoms with E-state index in [0.29, 0.717) is 18.7 Å². The van der Waals surface area contributed by atoms with Gasteiger partial charge in [-0.1, -0.05) is 12.1 Å². The molecule has 0 bridgehead atoms. The van der Waals surface area contributed by atoms with Crippen LogP contribution in [0.1, 0.15) is 33.1 Å². The number of carbonyl (C=O) groups excluding carboxylic acids is 1. The molecular weight excluding hydrogens is 307 g/mol. The number of amides is 1. The van der Waals surface area contributed by atoms with Crippen LogP contribution >= 0.6 is 0 Å². The Balaban J connectivity index is 1.72. The first-order valence-electron chi connectivity index (χ1n) is 7.76. The predicted octanol–water partition coefficient (Wildman–Crippen LogP) is 3.82. The maximum atomic E-state index is 12.9. The van der Waals surface area contributed by atoms with E-state index in [1.54, 1.807) is 18.4 Å². The van der Waals surface area contributed by atoms with Crippen LogP contribution in [0.15, 0.2) is 53.1 Å². The van der Waals surface area contributed by atoms with Gasteiger partial charge in [0, 0.05) is 17.9 Å². The molecule has 4 nitrogen and oxygen atoms in total.